The van der Waals surface area contributed by atoms with Gasteiger partial charge in [-0.1, -0.05) is 19.8 Å². The van der Waals surface area contributed by atoms with Gasteiger partial charge in [0.2, 0.25) is 11.8 Å². The summed E-state index contributed by atoms with van der Waals surface area (Å²) in [6.45, 7) is 3.20. The molecule has 1 atom stereocenters. The molecule has 0 spiro atoms. The van der Waals surface area contributed by atoms with Gasteiger partial charge in [0.25, 0.3) is 5.91 Å². The molecule has 2 rings (SSSR count). The molecule has 2 amide bonds. The number of nitrogens with zero attached hydrogens (tertiary/aromatic N) is 3. The molecule has 0 unspecified atom stereocenters. The summed E-state index contributed by atoms with van der Waals surface area (Å²) in [5, 5.41) is 0. The van der Waals surface area contributed by atoms with E-state index in [1.54, 1.807) is 35.2 Å². The normalized spacial score (nSPS) is 18.5. The second kappa shape index (κ2) is 7.24. The fourth-order valence-electron chi connectivity index (χ4n) is 2.65. The predicted octanol–water partition coefficient (Wildman–Crippen LogP) is 1.56. The number of methoxy groups -OCH3 is 1. The van der Waals surface area contributed by atoms with Gasteiger partial charge in [-0.2, -0.15) is 0 Å². The topological polar surface area (TPSA) is 62.7 Å². The molecule has 1 saturated heterocycles. The van der Waals surface area contributed by atoms with Gasteiger partial charge in [-0.05, 0) is 12.5 Å². The lowest BCUT2D eigenvalue weighted by molar-refractivity contribution is -0.138. The molecule has 0 aromatic carbocycles. The van der Waals surface area contributed by atoms with E-state index in [0.29, 0.717) is 31.0 Å². The number of amides is 2. The van der Waals surface area contributed by atoms with Gasteiger partial charge in [-0.3, -0.25) is 9.59 Å². The fraction of sp³-hybridized carbons (Fsp3) is 0.562. The van der Waals surface area contributed by atoms with Gasteiger partial charge in [0.05, 0.1) is 7.11 Å². The van der Waals surface area contributed by atoms with Crippen LogP contribution in [0.1, 0.15) is 36.5 Å². The largest absolute Gasteiger partial charge is 0.481 e. The summed E-state index contributed by atoms with van der Waals surface area (Å²) in [4.78, 5) is 32.6. The van der Waals surface area contributed by atoms with Gasteiger partial charge >= 0.3 is 0 Å². The molecular formula is C16H23N3O3. The molecule has 1 fully saturated rings. The number of carbonyl (C=O) groups excluding carboxylic acids is 2. The molecular weight excluding hydrogens is 282 g/mol. The van der Waals surface area contributed by atoms with E-state index >= 15 is 0 Å². The lowest BCUT2D eigenvalue weighted by atomic mass is 10.0. The van der Waals surface area contributed by atoms with E-state index in [4.69, 9.17) is 4.74 Å². The van der Waals surface area contributed by atoms with Gasteiger partial charge in [0.1, 0.15) is 6.04 Å². The number of carbonyl (C=O) groups is 2. The highest BCUT2D eigenvalue weighted by Gasteiger charge is 2.35. The Labute approximate surface area is 131 Å². The van der Waals surface area contributed by atoms with Crippen molar-refractivity contribution in [3.05, 3.63) is 23.9 Å². The maximum absolute atomic E-state index is 12.8. The van der Waals surface area contributed by atoms with Crippen molar-refractivity contribution in [3.8, 4) is 5.88 Å². The Morgan fingerprint density at radius 2 is 2.23 bits per heavy atom. The van der Waals surface area contributed by atoms with Crippen LogP contribution in [0.15, 0.2) is 18.3 Å². The van der Waals surface area contributed by atoms with Crippen molar-refractivity contribution in [2.24, 2.45) is 0 Å². The molecule has 0 N–H and O–H groups in total. The molecule has 0 radical (unpaired) electrons. The van der Waals surface area contributed by atoms with E-state index in [-0.39, 0.29) is 17.9 Å². The van der Waals surface area contributed by atoms with Crippen LogP contribution >= 0.6 is 0 Å². The summed E-state index contributed by atoms with van der Waals surface area (Å²) in [6.07, 6.45) is 4.17. The fourth-order valence-corrected chi connectivity index (χ4v) is 2.65. The molecule has 0 bridgehead atoms. The molecule has 6 nitrogen and oxygen atoms in total. The molecule has 1 aliphatic rings. The Morgan fingerprint density at radius 3 is 2.91 bits per heavy atom. The SMILES string of the molecule is CCCC[C@@H]1C(=O)N(C)CCN1C(=O)c1ccnc(OC)c1. The Bertz CT molecular complexity index is 547. The van der Waals surface area contributed by atoms with E-state index in [2.05, 4.69) is 11.9 Å². The van der Waals surface area contributed by atoms with Crippen LogP contribution in [0.3, 0.4) is 0 Å². The first-order chi connectivity index (χ1) is 10.6. The summed E-state index contributed by atoms with van der Waals surface area (Å²) >= 11 is 0. The van der Waals surface area contributed by atoms with Crippen LogP contribution in [0.5, 0.6) is 5.88 Å². The molecule has 6 heteroatoms. The van der Waals surface area contributed by atoms with Gasteiger partial charge in [-0.25, -0.2) is 4.98 Å². The Kier molecular flexibility index (Phi) is 5.35. The van der Waals surface area contributed by atoms with Crippen LogP contribution in [-0.4, -0.2) is 59.9 Å². The Balaban J connectivity index is 2.22. The van der Waals surface area contributed by atoms with Crippen molar-refractivity contribution in [3.63, 3.8) is 0 Å². The molecule has 2 heterocycles. The average Bonchev–Trinajstić information content (AvgIpc) is 2.55. The number of rotatable bonds is 5. The van der Waals surface area contributed by atoms with Crippen LogP contribution in [0.25, 0.3) is 0 Å². The zero-order valence-corrected chi connectivity index (χ0v) is 13.4. The molecule has 0 saturated carbocycles. The second-order valence-corrected chi connectivity index (χ2v) is 5.50. The summed E-state index contributed by atoms with van der Waals surface area (Å²) in [5.74, 6) is 0.286. The third kappa shape index (κ3) is 3.37. The minimum Gasteiger partial charge on any atom is -0.481 e. The van der Waals surface area contributed by atoms with Gasteiger partial charge in [-0.15, -0.1) is 0 Å². The van der Waals surface area contributed by atoms with Crippen molar-refractivity contribution in [1.82, 2.24) is 14.8 Å². The average molecular weight is 305 g/mol. The van der Waals surface area contributed by atoms with Gasteiger partial charge in [0.15, 0.2) is 0 Å². The molecule has 120 valence electrons. The standard InChI is InChI=1S/C16H23N3O3/c1-4-5-6-13-16(21)18(2)9-10-19(13)15(20)12-7-8-17-14(11-12)22-3/h7-8,11,13H,4-6,9-10H2,1-3H3/t13-/m1/s1. The first-order valence-electron chi connectivity index (χ1n) is 7.64. The Hall–Kier alpha value is -2.11. The first-order valence-corrected chi connectivity index (χ1v) is 7.64. The van der Waals surface area contributed by atoms with Crippen molar-refractivity contribution < 1.29 is 14.3 Å². The van der Waals surface area contributed by atoms with Crippen LogP contribution in [0.4, 0.5) is 0 Å². The zero-order valence-electron chi connectivity index (χ0n) is 13.4. The van der Waals surface area contributed by atoms with Crippen LogP contribution < -0.4 is 4.74 Å². The van der Waals surface area contributed by atoms with Crippen LogP contribution in [0.2, 0.25) is 0 Å². The number of hydrogen-bond donors (Lipinski definition) is 0. The maximum atomic E-state index is 12.8. The smallest absolute Gasteiger partial charge is 0.254 e. The van der Waals surface area contributed by atoms with E-state index in [1.807, 2.05) is 0 Å². The maximum Gasteiger partial charge on any atom is 0.254 e. The first kappa shape index (κ1) is 16.3. The lowest BCUT2D eigenvalue weighted by Crippen LogP contribution is -2.57. The van der Waals surface area contributed by atoms with E-state index in [0.717, 1.165) is 12.8 Å². The second-order valence-electron chi connectivity index (χ2n) is 5.50. The molecule has 1 aromatic rings. The number of pyridine rings is 1. The Morgan fingerprint density at radius 1 is 1.45 bits per heavy atom. The number of likely N-dealkylation sites (N-methyl/N-ethyl adjacent to an activating group) is 1. The summed E-state index contributed by atoms with van der Waals surface area (Å²) in [6, 6.07) is 2.90. The number of hydrogen-bond acceptors (Lipinski definition) is 4. The highest BCUT2D eigenvalue weighted by atomic mass is 16.5. The number of unbranched alkanes of at least 4 members (excludes halogenated alkanes) is 1. The zero-order chi connectivity index (χ0) is 16.1. The monoisotopic (exact) mass is 305 g/mol. The van der Waals surface area contributed by atoms with Crippen molar-refractivity contribution in [2.45, 2.75) is 32.2 Å². The van der Waals surface area contributed by atoms with Gasteiger partial charge < -0.3 is 14.5 Å². The van der Waals surface area contributed by atoms with Crippen molar-refractivity contribution in [1.29, 1.82) is 0 Å². The molecule has 1 aromatic heterocycles. The van der Waals surface area contributed by atoms with E-state index < -0.39 is 0 Å². The summed E-state index contributed by atoms with van der Waals surface area (Å²) in [7, 11) is 3.30. The number of ether oxygens (including phenoxy) is 1. The van der Waals surface area contributed by atoms with Crippen LogP contribution in [0, 0.1) is 0 Å². The highest BCUT2D eigenvalue weighted by Crippen LogP contribution is 2.20. The van der Waals surface area contributed by atoms with Crippen LogP contribution in [-0.2, 0) is 4.79 Å². The number of piperazine rings is 1. The summed E-state index contributed by atoms with van der Waals surface area (Å²) < 4.78 is 5.07. The van der Waals surface area contributed by atoms with Crippen molar-refractivity contribution in [2.75, 3.05) is 27.2 Å². The predicted molar refractivity (Wildman–Crippen MR) is 82.8 cm³/mol. The van der Waals surface area contributed by atoms with Crippen molar-refractivity contribution >= 4 is 11.8 Å². The molecule has 1 aliphatic heterocycles. The third-order valence-electron chi connectivity index (χ3n) is 4.00. The number of aromatic nitrogens is 1. The minimum atomic E-state index is -0.370. The molecule has 0 aliphatic carbocycles. The van der Waals surface area contributed by atoms with E-state index in [1.165, 1.54) is 7.11 Å². The van der Waals surface area contributed by atoms with E-state index in [9.17, 15) is 9.59 Å². The lowest BCUT2D eigenvalue weighted by Gasteiger charge is -2.39. The minimum absolute atomic E-state index is 0.0223. The highest BCUT2D eigenvalue weighted by molar-refractivity contribution is 5.98. The van der Waals surface area contributed by atoms with Gasteiger partial charge in [0, 0.05) is 38.0 Å². The summed E-state index contributed by atoms with van der Waals surface area (Å²) in [5.41, 5.74) is 0.505. The third-order valence-corrected chi connectivity index (χ3v) is 4.00. The quantitative estimate of drug-likeness (QED) is 0.828. The molecule has 22 heavy (non-hydrogen) atoms.